The number of halogens is 1. The van der Waals surface area contributed by atoms with Crippen molar-refractivity contribution in [2.45, 2.75) is 33.2 Å². The van der Waals surface area contributed by atoms with Crippen LogP contribution < -0.4 is 10.5 Å². The third-order valence-corrected chi connectivity index (χ3v) is 4.28. The summed E-state index contributed by atoms with van der Waals surface area (Å²) in [5, 5.41) is 0. The van der Waals surface area contributed by atoms with E-state index in [2.05, 4.69) is 54.9 Å². The molecule has 0 saturated carbocycles. The smallest absolute Gasteiger partial charge is 0.122 e. The predicted octanol–water partition coefficient (Wildman–Crippen LogP) is 4.63. The second kappa shape index (κ2) is 6.63. The number of methoxy groups -OCH3 is 1. The van der Waals surface area contributed by atoms with E-state index in [-0.39, 0.29) is 6.04 Å². The summed E-state index contributed by atoms with van der Waals surface area (Å²) in [5.74, 6) is 0.885. The van der Waals surface area contributed by atoms with E-state index in [1.807, 2.05) is 12.1 Å². The first-order chi connectivity index (χ1) is 9.92. The Hall–Kier alpha value is -1.32. The fourth-order valence-electron chi connectivity index (χ4n) is 3.02. The summed E-state index contributed by atoms with van der Waals surface area (Å²) in [6.45, 7) is 6.38. The Labute approximate surface area is 135 Å². The summed E-state index contributed by atoms with van der Waals surface area (Å²) >= 11 is 3.51. The number of hydrogen-bond acceptors (Lipinski definition) is 2. The Bertz CT molecular complexity index is 629. The van der Waals surface area contributed by atoms with Crippen molar-refractivity contribution >= 4 is 15.9 Å². The topological polar surface area (TPSA) is 35.2 Å². The van der Waals surface area contributed by atoms with Crippen LogP contribution in [0.4, 0.5) is 0 Å². The highest BCUT2D eigenvalue weighted by molar-refractivity contribution is 9.10. The molecule has 21 heavy (non-hydrogen) atoms. The van der Waals surface area contributed by atoms with Gasteiger partial charge in [0.15, 0.2) is 0 Å². The summed E-state index contributed by atoms with van der Waals surface area (Å²) in [4.78, 5) is 0. The van der Waals surface area contributed by atoms with Gasteiger partial charge in [0.25, 0.3) is 0 Å². The molecular formula is C18H22BrNO. The highest BCUT2D eigenvalue weighted by Gasteiger charge is 2.15. The van der Waals surface area contributed by atoms with Gasteiger partial charge in [-0.2, -0.15) is 0 Å². The van der Waals surface area contributed by atoms with E-state index >= 15 is 0 Å². The SMILES string of the molecule is COc1ccc(Br)cc1CC(N)c1c(C)cc(C)cc1C. The zero-order chi connectivity index (χ0) is 15.6. The number of nitrogens with two attached hydrogens (primary N) is 1. The second-order valence-corrected chi connectivity index (χ2v) is 6.49. The molecule has 0 bridgehead atoms. The van der Waals surface area contributed by atoms with Crippen LogP contribution in [-0.2, 0) is 6.42 Å². The number of hydrogen-bond donors (Lipinski definition) is 1. The molecule has 2 nitrogen and oxygen atoms in total. The van der Waals surface area contributed by atoms with Crippen LogP contribution in [0.15, 0.2) is 34.8 Å². The normalized spacial score (nSPS) is 12.3. The average molecular weight is 348 g/mol. The first-order valence-corrected chi connectivity index (χ1v) is 7.87. The van der Waals surface area contributed by atoms with Gasteiger partial charge in [0.1, 0.15) is 5.75 Å². The van der Waals surface area contributed by atoms with Crippen LogP contribution >= 0.6 is 15.9 Å². The fourth-order valence-corrected chi connectivity index (χ4v) is 3.43. The lowest BCUT2D eigenvalue weighted by molar-refractivity contribution is 0.408. The number of ether oxygens (including phenoxy) is 1. The van der Waals surface area contributed by atoms with Crippen molar-refractivity contribution in [1.82, 2.24) is 0 Å². The minimum absolute atomic E-state index is 0.0335. The number of benzene rings is 2. The van der Waals surface area contributed by atoms with E-state index in [0.29, 0.717) is 0 Å². The Morgan fingerprint density at radius 3 is 2.29 bits per heavy atom. The largest absolute Gasteiger partial charge is 0.496 e. The van der Waals surface area contributed by atoms with Crippen molar-refractivity contribution in [3.05, 3.63) is 62.6 Å². The molecule has 1 atom stereocenters. The molecule has 0 aliphatic carbocycles. The lowest BCUT2D eigenvalue weighted by Crippen LogP contribution is -2.17. The average Bonchev–Trinajstić information content (AvgIpc) is 2.37. The molecule has 2 aromatic rings. The Kier molecular flexibility index (Phi) is 5.07. The van der Waals surface area contributed by atoms with Crippen molar-refractivity contribution in [2.75, 3.05) is 7.11 Å². The molecule has 3 heteroatoms. The first kappa shape index (κ1) is 16.1. The standard InChI is InChI=1S/C18H22BrNO/c1-11-7-12(2)18(13(3)8-11)16(20)10-14-9-15(19)5-6-17(14)21-4/h5-9,16H,10,20H2,1-4H3. The third-order valence-electron chi connectivity index (χ3n) is 3.79. The molecule has 2 rings (SSSR count). The van der Waals surface area contributed by atoms with Gasteiger partial charge in [0.2, 0.25) is 0 Å². The minimum atomic E-state index is -0.0335. The molecule has 0 spiro atoms. The fraction of sp³-hybridized carbons (Fsp3) is 0.333. The van der Waals surface area contributed by atoms with Gasteiger partial charge in [-0.15, -0.1) is 0 Å². The maximum absolute atomic E-state index is 6.48. The van der Waals surface area contributed by atoms with Crippen molar-refractivity contribution in [3.63, 3.8) is 0 Å². The van der Waals surface area contributed by atoms with Gasteiger partial charge < -0.3 is 10.5 Å². The van der Waals surface area contributed by atoms with Gasteiger partial charge in [0, 0.05) is 10.5 Å². The van der Waals surface area contributed by atoms with Crippen molar-refractivity contribution in [1.29, 1.82) is 0 Å². The first-order valence-electron chi connectivity index (χ1n) is 7.08. The molecule has 0 heterocycles. The van der Waals surface area contributed by atoms with Crippen LogP contribution in [-0.4, -0.2) is 7.11 Å². The maximum Gasteiger partial charge on any atom is 0.122 e. The van der Waals surface area contributed by atoms with Gasteiger partial charge in [0.05, 0.1) is 7.11 Å². The lowest BCUT2D eigenvalue weighted by atomic mass is 9.91. The molecule has 2 N–H and O–H groups in total. The van der Waals surface area contributed by atoms with E-state index in [0.717, 1.165) is 22.2 Å². The van der Waals surface area contributed by atoms with Gasteiger partial charge in [-0.1, -0.05) is 33.6 Å². The van der Waals surface area contributed by atoms with Gasteiger partial charge >= 0.3 is 0 Å². The van der Waals surface area contributed by atoms with E-state index in [1.165, 1.54) is 22.3 Å². The summed E-state index contributed by atoms with van der Waals surface area (Å²) in [6.07, 6.45) is 0.757. The minimum Gasteiger partial charge on any atom is -0.496 e. The summed E-state index contributed by atoms with van der Waals surface area (Å²) in [7, 11) is 1.70. The van der Waals surface area contributed by atoms with Crippen LogP contribution in [0.2, 0.25) is 0 Å². The molecule has 0 fully saturated rings. The number of aryl methyl sites for hydroxylation is 3. The number of rotatable bonds is 4. The van der Waals surface area contributed by atoms with Crippen molar-refractivity contribution in [3.8, 4) is 5.75 Å². The monoisotopic (exact) mass is 347 g/mol. The summed E-state index contributed by atoms with van der Waals surface area (Å²) in [6, 6.07) is 10.4. The zero-order valence-electron chi connectivity index (χ0n) is 13.0. The lowest BCUT2D eigenvalue weighted by Gasteiger charge is -2.20. The van der Waals surface area contributed by atoms with Crippen molar-refractivity contribution < 1.29 is 4.74 Å². The highest BCUT2D eigenvalue weighted by atomic mass is 79.9. The molecule has 0 radical (unpaired) electrons. The second-order valence-electron chi connectivity index (χ2n) is 5.58. The molecule has 2 aromatic carbocycles. The van der Waals surface area contributed by atoms with Crippen LogP contribution in [0.5, 0.6) is 5.75 Å². The van der Waals surface area contributed by atoms with Gasteiger partial charge in [-0.05, 0) is 67.6 Å². The molecule has 112 valence electrons. The molecule has 0 amide bonds. The molecule has 1 unspecified atom stereocenters. The molecule has 0 aliphatic rings. The van der Waals surface area contributed by atoms with Crippen molar-refractivity contribution in [2.24, 2.45) is 5.73 Å². The Balaban J connectivity index is 2.34. The van der Waals surface area contributed by atoms with E-state index in [1.54, 1.807) is 7.11 Å². The van der Waals surface area contributed by atoms with Crippen LogP contribution in [0, 0.1) is 20.8 Å². The van der Waals surface area contributed by atoms with E-state index in [9.17, 15) is 0 Å². The molecule has 0 saturated heterocycles. The summed E-state index contributed by atoms with van der Waals surface area (Å²) in [5.41, 5.74) is 12.6. The maximum atomic E-state index is 6.48. The van der Waals surface area contributed by atoms with Gasteiger partial charge in [-0.25, -0.2) is 0 Å². The highest BCUT2D eigenvalue weighted by Crippen LogP contribution is 2.29. The predicted molar refractivity (Wildman–Crippen MR) is 92.0 cm³/mol. The van der Waals surface area contributed by atoms with Crippen LogP contribution in [0.25, 0.3) is 0 Å². The quantitative estimate of drug-likeness (QED) is 0.875. The third kappa shape index (κ3) is 3.66. The zero-order valence-corrected chi connectivity index (χ0v) is 14.6. The Morgan fingerprint density at radius 1 is 1.10 bits per heavy atom. The Morgan fingerprint density at radius 2 is 1.71 bits per heavy atom. The van der Waals surface area contributed by atoms with E-state index in [4.69, 9.17) is 10.5 Å². The molecule has 0 aromatic heterocycles. The molecular weight excluding hydrogens is 326 g/mol. The van der Waals surface area contributed by atoms with Crippen LogP contribution in [0.3, 0.4) is 0 Å². The summed E-state index contributed by atoms with van der Waals surface area (Å²) < 4.78 is 6.48. The van der Waals surface area contributed by atoms with Gasteiger partial charge in [-0.3, -0.25) is 0 Å². The molecule has 0 aliphatic heterocycles. The van der Waals surface area contributed by atoms with Crippen LogP contribution in [0.1, 0.15) is 33.9 Å². The van der Waals surface area contributed by atoms with E-state index < -0.39 is 0 Å².